The second kappa shape index (κ2) is 8.98. The number of nitrogens with zero attached hydrogens (tertiary/aromatic N) is 1. The van der Waals surface area contributed by atoms with Crippen LogP contribution in [-0.2, 0) is 22.7 Å². The van der Waals surface area contributed by atoms with Crippen molar-refractivity contribution in [3.63, 3.8) is 0 Å². The Hall–Kier alpha value is -3.01. The summed E-state index contributed by atoms with van der Waals surface area (Å²) in [7, 11) is -2.59. The van der Waals surface area contributed by atoms with Crippen molar-refractivity contribution in [1.29, 1.82) is 0 Å². The Morgan fingerprint density at radius 2 is 1.79 bits per heavy atom. The summed E-state index contributed by atoms with van der Waals surface area (Å²) in [5, 5.41) is 7.32. The first-order valence-electron chi connectivity index (χ1n) is 10.3. The average molecular weight is 508 g/mol. The monoisotopic (exact) mass is 507 g/mol. The van der Waals surface area contributed by atoms with Crippen LogP contribution in [0.15, 0.2) is 71.8 Å². The van der Waals surface area contributed by atoms with E-state index in [0.29, 0.717) is 45.5 Å². The molecule has 0 saturated carbocycles. The number of rotatable bonds is 6. The highest BCUT2D eigenvalue weighted by Gasteiger charge is 2.32. The Kier molecular flexibility index (Phi) is 6.37. The molecule has 0 fully saturated rings. The molecule has 3 aromatic carbocycles. The van der Waals surface area contributed by atoms with Crippen LogP contribution in [0.25, 0.3) is 10.9 Å². The van der Waals surface area contributed by atoms with Gasteiger partial charge < -0.3 is 10.6 Å². The van der Waals surface area contributed by atoms with Gasteiger partial charge in [0.2, 0.25) is 0 Å². The third kappa shape index (κ3) is 4.64. The third-order valence-electron chi connectivity index (χ3n) is 5.34. The molecule has 0 bridgehead atoms. The molecule has 0 aliphatic rings. The summed E-state index contributed by atoms with van der Waals surface area (Å²) in [6, 6.07) is 14.4. The summed E-state index contributed by atoms with van der Waals surface area (Å²) in [6.45, 7) is 2.29. The topological polar surface area (TPSA) is 63.1 Å². The summed E-state index contributed by atoms with van der Waals surface area (Å²) in [5.74, 6) is 0. The van der Waals surface area contributed by atoms with E-state index in [4.69, 9.17) is 11.6 Å². The average Bonchev–Trinajstić information content (AvgIpc) is 3.14. The lowest BCUT2D eigenvalue weighted by Gasteiger charge is -2.12. The molecule has 0 spiro atoms. The maximum atomic E-state index is 13.4. The fraction of sp³-hybridized carbons (Fsp3) is 0.167. The van der Waals surface area contributed by atoms with Gasteiger partial charge in [0.25, 0.3) is 10.0 Å². The van der Waals surface area contributed by atoms with Gasteiger partial charge in [0, 0.05) is 23.8 Å². The van der Waals surface area contributed by atoms with Crippen LogP contribution in [0.1, 0.15) is 16.7 Å². The maximum Gasteiger partial charge on any atom is 0.416 e. The number of alkyl halides is 3. The summed E-state index contributed by atoms with van der Waals surface area (Å²) in [6.07, 6.45) is -3.23. The number of nitrogens with one attached hydrogen (secondary N) is 2. The van der Waals surface area contributed by atoms with E-state index in [1.165, 1.54) is 6.20 Å². The summed E-state index contributed by atoms with van der Waals surface area (Å²) in [5.41, 5.74) is 2.19. The van der Waals surface area contributed by atoms with Gasteiger partial charge in [-0.1, -0.05) is 29.8 Å². The fourth-order valence-electron chi connectivity index (χ4n) is 3.70. The van der Waals surface area contributed by atoms with Crippen molar-refractivity contribution in [2.24, 2.45) is 0 Å². The van der Waals surface area contributed by atoms with Crippen molar-refractivity contribution in [2.75, 3.05) is 12.4 Å². The molecule has 4 rings (SSSR count). The second-order valence-electron chi connectivity index (χ2n) is 7.85. The molecular weight excluding hydrogens is 487 g/mol. The van der Waals surface area contributed by atoms with E-state index in [-0.39, 0.29) is 0 Å². The van der Waals surface area contributed by atoms with Crippen molar-refractivity contribution in [1.82, 2.24) is 9.29 Å². The number of hydrogen-bond acceptors (Lipinski definition) is 4. The molecule has 0 amide bonds. The minimum absolute atomic E-state index is 0.330. The lowest BCUT2D eigenvalue weighted by Crippen LogP contribution is -2.14. The molecule has 5 nitrogen and oxygen atoms in total. The molecule has 4 aromatic rings. The van der Waals surface area contributed by atoms with E-state index >= 15 is 0 Å². The van der Waals surface area contributed by atoms with Gasteiger partial charge in [-0.15, -0.1) is 0 Å². The van der Waals surface area contributed by atoms with Gasteiger partial charge in [-0.05, 0) is 67.6 Å². The zero-order chi connectivity index (χ0) is 24.7. The van der Waals surface area contributed by atoms with Gasteiger partial charge in [0.15, 0.2) is 0 Å². The van der Waals surface area contributed by atoms with Crippen molar-refractivity contribution in [2.45, 2.75) is 24.5 Å². The first-order chi connectivity index (χ1) is 16.0. The minimum atomic E-state index is -4.66. The summed E-state index contributed by atoms with van der Waals surface area (Å²) >= 11 is 6.31. The van der Waals surface area contributed by atoms with E-state index in [1.54, 1.807) is 31.3 Å². The molecule has 0 aliphatic carbocycles. The first kappa shape index (κ1) is 24.1. The molecule has 0 unspecified atom stereocenters. The van der Waals surface area contributed by atoms with Crippen LogP contribution in [-0.4, -0.2) is 19.4 Å². The van der Waals surface area contributed by atoms with Crippen LogP contribution in [0.5, 0.6) is 0 Å². The number of anilines is 2. The smallest absolute Gasteiger partial charge is 0.354 e. The third-order valence-corrected chi connectivity index (χ3v) is 7.33. The molecule has 0 atom stereocenters. The predicted octanol–water partition coefficient (Wildman–Crippen LogP) is 6.32. The van der Waals surface area contributed by atoms with E-state index in [9.17, 15) is 21.6 Å². The van der Waals surface area contributed by atoms with Gasteiger partial charge in [0.05, 0.1) is 26.7 Å². The lowest BCUT2D eigenvalue weighted by atomic mass is 10.1. The molecule has 178 valence electrons. The predicted molar refractivity (Wildman–Crippen MR) is 128 cm³/mol. The van der Waals surface area contributed by atoms with E-state index in [2.05, 4.69) is 10.6 Å². The van der Waals surface area contributed by atoms with Crippen molar-refractivity contribution < 1.29 is 21.6 Å². The molecular formula is C24H21ClF3N3O2S. The highest BCUT2D eigenvalue weighted by atomic mass is 35.5. The standard InChI is InChI=1S/C24H21ClF3N3O2S/c1-15-6-9-22(21(25)10-15)30-18-7-8-20-16(13-29-2)14-31(23(20)12-18)34(32,33)19-5-3-4-17(11-19)24(26,27)28/h3-12,14,29-30H,13H2,1-2H3. The van der Waals surface area contributed by atoms with Crippen LogP contribution in [0.2, 0.25) is 5.02 Å². The van der Waals surface area contributed by atoms with Crippen LogP contribution in [0.3, 0.4) is 0 Å². The number of aryl methyl sites for hydroxylation is 1. The molecule has 0 radical (unpaired) electrons. The molecule has 10 heteroatoms. The highest BCUT2D eigenvalue weighted by Crippen LogP contribution is 2.34. The highest BCUT2D eigenvalue weighted by molar-refractivity contribution is 7.90. The Morgan fingerprint density at radius 3 is 2.47 bits per heavy atom. The van der Waals surface area contributed by atoms with Crippen LogP contribution in [0, 0.1) is 6.92 Å². The van der Waals surface area contributed by atoms with E-state index in [0.717, 1.165) is 27.7 Å². The Bertz CT molecular complexity index is 1480. The number of halogens is 4. The number of fused-ring (bicyclic) bond motifs is 1. The number of hydrogen-bond donors (Lipinski definition) is 2. The molecule has 1 aromatic heterocycles. The normalized spacial score (nSPS) is 12.3. The Morgan fingerprint density at radius 1 is 1.03 bits per heavy atom. The fourth-order valence-corrected chi connectivity index (χ4v) is 5.41. The zero-order valence-electron chi connectivity index (χ0n) is 18.2. The number of aromatic nitrogens is 1. The molecule has 1 heterocycles. The summed E-state index contributed by atoms with van der Waals surface area (Å²) < 4.78 is 67.5. The quantitative estimate of drug-likeness (QED) is 0.320. The van der Waals surface area contributed by atoms with E-state index in [1.807, 2.05) is 19.1 Å². The number of benzene rings is 3. The maximum absolute atomic E-state index is 13.4. The van der Waals surface area contributed by atoms with E-state index < -0.39 is 26.7 Å². The first-order valence-corrected chi connectivity index (χ1v) is 12.1. The van der Waals surface area contributed by atoms with Crippen LogP contribution >= 0.6 is 11.6 Å². The molecule has 0 aliphatic heterocycles. The lowest BCUT2D eigenvalue weighted by molar-refractivity contribution is -0.137. The largest absolute Gasteiger partial charge is 0.416 e. The minimum Gasteiger partial charge on any atom is -0.354 e. The van der Waals surface area contributed by atoms with Gasteiger partial charge >= 0.3 is 6.18 Å². The molecule has 2 N–H and O–H groups in total. The Labute approximate surface area is 200 Å². The van der Waals surface area contributed by atoms with Crippen LogP contribution < -0.4 is 10.6 Å². The van der Waals surface area contributed by atoms with Crippen molar-refractivity contribution >= 4 is 43.9 Å². The SMILES string of the molecule is CNCc1cn(S(=O)(=O)c2cccc(C(F)(F)F)c2)c2cc(Nc3ccc(C)cc3Cl)ccc12. The molecule has 0 saturated heterocycles. The van der Waals surface area contributed by atoms with Gasteiger partial charge in [-0.3, -0.25) is 0 Å². The second-order valence-corrected chi connectivity index (χ2v) is 10.1. The van der Waals surface area contributed by atoms with Crippen molar-refractivity contribution in [3.8, 4) is 0 Å². The molecule has 34 heavy (non-hydrogen) atoms. The van der Waals surface area contributed by atoms with Gasteiger partial charge in [0.1, 0.15) is 0 Å². The van der Waals surface area contributed by atoms with Gasteiger partial charge in [-0.2, -0.15) is 13.2 Å². The van der Waals surface area contributed by atoms with Crippen LogP contribution in [0.4, 0.5) is 24.5 Å². The zero-order valence-corrected chi connectivity index (χ0v) is 19.8. The van der Waals surface area contributed by atoms with Gasteiger partial charge in [-0.25, -0.2) is 12.4 Å². The van der Waals surface area contributed by atoms with Crippen molar-refractivity contribution in [3.05, 3.63) is 88.6 Å². The summed E-state index contributed by atoms with van der Waals surface area (Å²) in [4.78, 5) is -0.449. The Balaban J connectivity index is 1.85.